The number of hydrogen-bond donors (Lipinski definition) is 4. The summed E-state index contributed by atoms with van der Waals surface area (Å²) >= 11 is 13.9. The van der Waals surface area contributed by atoms with Crippen molar-refractivity contribution in [1.82, 2.24) is 15.5 Å². The number of ether oxygens (including phenoxy) is 1. The number of rotatable bonds is 11. The van der Waals surface area contributed by atoms with Crippen molar-refractivity contribution < 1.29 is 33.8 Å². The van der Waals surface area contributed by atoms with Crippen molar-refractivity contribution in [2.45, 2.75) is 29.9 Å². The standard InChI is InChI=1S/C20H22Cl2N4O7S2/c21-5-11(23)16(28)24-12(6-22)20(32)33-7-9-8-35-18-14(17(29)26(18)15(9)19(30)31)25-13(27)4-10-2-1-3-34-10/h1-3,11-12,14,18H,4-8,23H2,(H,24,28)(H,25,27)(H,30,31)/t11-,12-,14+,18+/m0/s1. The topological polar surface area (TPSA) is 168 Å². The van der Waals surface area contributed by atoms with E-state index in [1.807, 2.05) is 11.4 Å². The number of nitrogens with two attached hydrogens (primary N) is 1. The van der Waals surface area contributed by atoms with Gasteiger partial charge in [0.25, 0.3) is 5.91 Å². The lowest BCUT2D eigenvalue weighted by atomic mass is 10.0. The van der Waals surface area contributed by atoms with Crippen LogP contribution in [0.2, 0.25) is 0 Å². The summed E-state index contributed by atoms with van der Waals surface area (Å²) in [6, 6.07) is 0.508. The summed E-state index contributed by atoms with van der Waals surface area (Å²) in [7, 11) is 0. The molecule has 2 aliphatic heterocycles. The minimum atomic E-state index is -1.37. The van der Waals surface area contributed by atoms with Crippen molar-refractivity contribution in [2.24, 2.45) is 5.73 Å². The summed E-state index contributed by atoms with van der Waals surface area (Å²) in [4.78, 5) is 63.1. The number of hydrogen-bond acceptors (Lipinski definition) is 9. The van der Waals surface area contributed by atoms with E-state index in [2.05, 4.69) is 10.6 Å². The van der Waals surface area contributed by atoms with Crippen LogP contribution in [0.1, 0.15) is 4.88 Å². The zero-order chi connectivity index (χ0) is 25.7. The van der Waals surface area contributed by atoms with Crippen LogP contribution in [0, 0.1) is 0 Å². The van der Waals surface area contributed by atoms with Gasteiger partial charge in [0, 0.05) is 22.1 Å². The van der Waals surface area contributed by atoms with Crippen LogP contribution in [0.25, 0.3) is 0 Å². The fourth-order valence-electron chi connectivity index (χ4n) is 3.36. The summed E-state index contributed by atoms with van der Waals surface area (Å²) in [6.07, 6.45) is 0.121. The molecule has 3 rings (SSSR count). The zero-order valence-corrected chi connectivity index (χ0v) is 21.2. The molecule has 5 N–H and O–H groups in total. The molecule has 11 nitrogen and oxygen atoms in total. The van der Waals surface area contributed by atoms with Gasteiger partial charge in [-0.05, 0) is 11.4 Å². The van der Waals surface area contributed by atoms with Gasteiger partial charge in [-0.15, -0.1) is 46.3 Å². The van der Waals surface area contributed by atoms with Gasteiger partial charge in [-0.3, -0.25) is 19.3 Å². The van der Waals surface area contributed by atoms with Gasteiger partial charge in [-0.1, -0.05) is 6.07 Å². The molecule has 2 aliphatic rings. The van der Waals surface area contributed by atoms with Gasteiger partial charge in [0.05, 0.1) is 18.3 Å². The van der Waals surface area contributed by atoms with Gasteiger partial charge in [-0.2, -0.15) is 0 Å². The summed E-state index contributed by atoms with van der Waals surface area (Å²) in [5.41, 5.74) is 5.40. The third-order valence-electron chi connectivity index (χ3n) is 5.13. The van der Waals surface area contributed by atoms with Crippen LogP contribution in [0.5, 0.6) is 0 Å². The third-order valence-corrected chi connectivity index (χ3v) is 7.99. The van der Waals surface area contributed by atoms with E-state index in [0.29, 0.717) is 0 Å². The van der Waals surface area contributed by atoms with Crippen molar-refractivity contribution in [3.8, 4) is 0 Å². The first-order valence-corrected chi connectivity index (χ1v) is 13.2. The molecule has 0 saturated carbocycles. The Morgan fingerprint density at radius 3 is 2.63 bits per heavy atom. The van der Waals surface area contributed by atoms with Crippen molar-refractivity contribution in [1.29, 1.82) is 0 Å². The number of amides is 3. The number of aliphatic carboxylic acids is 1. The fraction of sp³-hybridized carbons (Fsp3) is 0.450. The van der Waals surface area contributed by atoms with Gasteiger partial charge < -0.3 is 26.2 Å². The Hall–Kier alpha value is -2.32. The minimum absolute atomic E-state index is 0.121. The van der Waals surface area contributed by atoms with Crippen LogP contribution in [0.15, 0.2) is 28.8 Å². The van der Waals surface area contributed by atoms with E-state index in [9.17, 15) is 29.1 Å². The Morgan fingerprint density at radius 1 is 1.29 bits per heavy atom. The van der Waals surface area contributed by atoms with Gasteiger partial charge in [0.1, 0.15) is 29.8 Å². The number of nitrogens with one attached hydrogen (secondary N) is 2. The second kappa shape index (κ2) is 12.1. The largest absolute Gasteiger partial charge is 0.477 e. The maximum atomic E-state index is 12.7. The first-order chi connectivity index (χ1) is 16.7. The lowest BCUT2D eigenvalue weighted by Gasteiger charge is -2.49. The van der Waals surface area contributed by atoms with Crippen molar-refractivity contribution in [3.63, 3.8) is 0 Å². The number of nitrogens with zero attached hydrogens (tertiary/aromatic N) is 1. The van der Waals surface area contributed by atoms with E-state index >= 15 is 0 Å². The molecular weight excluding hydrogens is 543 g/mol. The van der Waals surface area contributed by atoms with Crippen LogP contribution in [-0.4, -0.2) is 87.3 Å². The fourth-order valence-corrected chi connectivity index (χ4v) is 5.73. The number of carboxylic acids is 1. The number of β-lactam (4-membered cyclic amide) rings is 1. The molecule has 4 atom stereocenters. The van der Waals surface area contributed by atoms with Crippen molar-refractivity contribution in [3.05, 3.63) is 33.7 Å². The predicted octanol–water partition coefficient (Wildman–Crippen LogP) is -0.138. The SMILES string of the molecule is N[C@@H](CCl)C(=O)N[C@@H](CCl)C(=O)OCC1=C(C(=O)O)N2C(=O)[C@@H](NC(=O)Cc3cccs3)[C@H]2SC1. The van der Waals surface area contributed by atoms with Crippen LogP contribution >= 0.6 is 46.3 Å². The lowest BCUT2D eigenvalue weighted by Crippen LogP contribution is -2.70. The highest BCUT2D eigenvalue weighted by atomic mass is 35.5. The monoisotopic (exact) mass is 564 g/mol. The number of alkyl halides is 2. The maximum absolute atomic E-state index is 12.7. The molecule has 1 saturated heterocycles. The van der Waals surface area contributed by atoms with Crippen molar-refractivity contribution in [2.75, 3.05) is 24.1 Å². The van der Waals surface area contributed by atoms with Gasteiger partial charge in [0.2, 0.25) is 11.8 Å². The summed E-state index contributed by atoms with van der Waals surface area (Å²) in [5, 5.41) is 16.0. The highest BCUT2D eigenvalue weighted by molar-refractivity contribution is 8.00. The number of thiophene rings is 1. The molecule has 0 spiro atoms. The number of carboxylic acid groups (broad SMARTS) is 1. The highest BCUT2D eigenvalue weighted by Gasteiger charge is 2.54. The average molecular weight is 565 g/mol. The van der Waals surface area contributed by atoms with Gasteiger partial charge >= 0.3 is 11.9 Å². The van der Waals surface area contributed by atoms with Crippen LogP contribution < -0.4 is 16.4 Å². The van der Waals surface area contributed by atoms with E-state index < -0.39 is 53.9 Å². The van der Waals surface area contributed by atoms with E-state index in [1.165, 1.54) is 23.1 Å². The Morgan fingerprint density at radius 2 is 2.03 bits per heavy atom. The van der Waals surface area contributed by atoms with Gasteiger partial charge in [0.15, 0.2) is 0 Å². The number of carbonyl (C=O) groups excluding carboxylic acids is 4. The maximum Gasteiger partial charge on any atom is 0.352 e. The Labute approximate surface area is 218 Å². The lowest BCUT2D eigenvalue weighted by molar-refractivity contribution is -0.151. The first kappa shape index (κ1) is 27.3. The normalized spacial score (nSPS) is 20.9. The van der Waals surface area contributed by atoms with E-state index in [0.717, 1.165) is 9.78 Å². The molecule has 0 radical (unpaired) electrons. The number of carbonyl (C=O) groups is 5. The number of esters is 1. The summed E-state index contributed by atoms with van der Waals surface area (Å²) in [6.45, 7) is -0.426. The van der Waals surface area contributed by atoms with Crippen LogP contribution in [0.4, 0.5) is 0 Å². The van der Waals surface area contributed by atoms with Crippen LogP contribution in [0.3, 0.4) is 0 Å². The average Bonchev–Trinajstić information content (AvgIpc) is 3.35. The molecule has 0 bridgehead atoms. The number of halogens is 2. The quantitative estimate of drug-likeness (QED) is 0.162. The molecule has 0 aliphatic carbocycles. The van der Waals surface area contributed by atoms with E-state index in [4.69, 9.17) is 33.7 Å². The molecule has 0 unspecified atom stereocenters. The Bertz CT molecular complexity index is 1040. The Kier molecular flexibility index (Phi) is 9.41. The molecule has 3 heterocycles. The zero-order valence-electron chi connectivity index (χ0n) is 18.1. The third kappa shape index (κ3) is 6.28. The summed E-state index contributed by atoms with van der Waals surface area (Å²) < 4.78 is 5.17. The molecular formula is C20H22Cl2N4O7S2. The first-order valence-electron chi connectivity index (χ1n) is 10.2. The molecule has 3 amide bonds. The second-order valence-electron chi connectivity index (χ2n) is 7.55. The molecule has 15 heteroatoms. The van der Waals surface area contributed by atoms with Crippen molar-refractivity contribution >= 4 is 76.0 Å². The molecule has 0 aromatic carbocycles. The Balaban J connectivity index is 1.63. The molecule has 190 valence electrons. The van der Waals surface area contributed by atoms with E-state index in [1.54, 1.807) is 6.07 Å². The van der Waals surface area contributed by atoms with E-state index in [-0.39, 0.29) is 41.1 Å². The second-order valence-corrected chi connectivity index (χ2v) is 10.3. The number of thioether (sulfide) groups is 1. The minimum Gasteiger partial charge on any atom is -0.477 e. The van der Waals surface area contributed by atoms with Crippen LogP contribution in [-0.2, 0) is 35.1 Å². The number of fused-ring (bicyclic) bond motifs is 1. The predicted molar refractivity (Wildman–Crippen MR) is 130 cm³/mol. The summed E-state index contributed by atoms with van der Waals surface area (Å²) in [5.74, 6) is -4.18. The smallest absolute Gasteiger partial charge is 0.352 e. The van der Waals surface area contributed by atoms with Gasteiger partial charge in [-0.25, -0.2) is 9.59 Å². The molecule has 1 aromatic heterocycles. The molecule has 1 fully saturated rings. The highest BCUT2D eigenvalue weighted by Crippen LogP contribution is 2.40. The molecule has 35 heavy (non-hydrogen) atoms. The molecule has 1 aromatic rings.